The highest BCUT2D eigenvalue weighted by molar-refractivity contribution is 6.15. The zero-order valence-corrected chi connectivity index (χ0v) is 18.5. The monoisotopic (exact) mass is 435 g/mol. The fraction of sp³-hybridized carbons (Fsp3) is 0. The maximum atomic E-state index is 6.47. The van der Waals surface area contributed by atoms with Gasteiger partial charge in [-0.3, -0.25) is 0 Å². The summed E-state index contributed by atoms with van der Waals surface area (Å²) in [7, 11) is 0. The molecule has 0 saturated heterocycles. The summed E-state index contributed by atoms with van der Waals surface area (Å²) >= 11 is 0. The lowest BCUT2D eigenvalue weighted by Crippen LogP contribution is -2.09. The Morgan fingerprint density at radius 2 is 1.06 bits per heavy atom. The first-order chi connectivity index (χ1) is 16.8. The van der Waals surface area contributed by atoms with Gasteiger partial charge in [-0.05, 0) is 58.6 Å². The third-order valence-corrected chi connectivity index (χ3v) is 6.61. The van der Waals surface area contributed by atoms with Crippen molar-refractivity contribution in [2.75, 3.05) is 4.90 Å². The zero-order valence-electron chi connectivity index (χ0n) is 18.5. The molecule has 0 radical (unpaired) electrons. The zero-order chi connectivity index (χ0) is 22.5. The van der Waals surface area contributed by atoms with E-state index < -0.39 is 0 Å². The second-order valence-electron chi connectivity index (χ2n) is 8.65. The number of para-hydroxylation sites is 1. The highest BCUT2D eigenvalue weighted by atomic mass is 16.3. The summed E-state index contributed by atoms with van der Waals surface area (Å²) < 4.78 is 6.47. The van der Waals surface area contributed by atoms with Crippen LogP contribution >= 0.6 is 0 Å². The largest absolute Gasteiger partial charge is 0.455 e. The van der Waals surface area contributed by atoms with Crippen molar-refractivity contribution < 1.29 is 4.42 Å². The van der Waals surface area contributed by atoms with E-state index in [1.165, 1.54) is 16.2 Å². The number of rotatable bonds is 3. The molecule has 0 atom stereocenters. The molecule has 7 rings (SSSR count). The first-order valence-corrected chi connectivity index (χ1v) is 11.5. The highest BCUT2D eigenvalue weighted by Gasteiger charge is 2.16. The molecular formula is C32H21NO. The van der Waals surface area contributed by atoms with E-state index in [9.17, 15) is 0 Å². The second kappa shape index (κ2) is 7.50. The lowest BCUT2D eigenvalue weighted by atomic mass is 10.1. The van der Waals surface area contributed by atoms with Crippen molar-refractivity contribution in [2.45, 2.75) is 0 Å². The SMILES string of the molecule is c1ccc(N(c2ccc3ccccc3c2)c2ccc3c(c2)oc2c4ccccc4ccc32)cc1. The molecule has 34 heavy (non-hydrogen) atoms. The summed E-state index contributed by atoms with van der Waals surface area (Å²) in [4.78, 5) is 2.29. The molecule has 0 spiro atoms. The van der Waals surface area contributed by atoms with Crippen LogP contribution < -0.4 is 4.90 Å². The van der Waals surface area contributed by atoms with Crippen LogP contribution in [0.4, 0.5) is 17.1 Å². The van der Waals surface area contributed by atoms with Crippen LogP contribution in [0.25, 0.3) is 43.5 Å². The quantitative estimate of drug-likeness (QED) is 0.275. The molecule has 1 aromatic heterocycles. The van der Waals surface area contributed by atoms with Gasteiger partial charge in [-0.2, -0.15) is 0 Å². The Hall–Kier alpha value is -4.56. The molecule has 0 aliphatic rings. The number of anilines is 3. The van der Waals surface area contributed by atoms with Gasteiger partial charge in [0.15, 0.2) is 0 Å². The predicted octanol–water partition coefficient (Wildman–Crippen LogP) is 9.36. The number of fused-ring (bicyclic) bond motifs is 6. The van der Waals surface area contributed by atoms with Crippen LogP contribution in [-0.2, 0) is 0 Å². The van der Waals surface area contributed by atoms with Gasteiger partial charge in [0.1, 0.15) is 11.2 Å². The van der Waals surface area contributed by atoms with Crippen LogP contribution in [0, 0.1) is 0 Å². The molecule has 0 amide bonds. The average Bonchev–Trinajstić information content (AvgIpc) is 3.28. The van der Waals surface area contributed by atoms with Gasteiger partial charge >= 0.3 is 0 Å². The van der Waals surface area contributed by atoms with E-state index in [-0.39, 0.29) is 0 Å². The molecule has 0 aliphatic heterocycles. The van der Waals surface area contributed by atoms with Crippen LogP contribution in [0.3, 0.4) is 0 Å². The van der Waals surface area contributed by atoms with E-state index >= 15 is 0 Å². The molecule has 0 bridgehead atoms. The van der Waals surface area contributed by atoms with Crippen molar-refractivity contribution in [1.82, 2.24) is 0 Å². The molecule has 7 aromatic rings. The number of furan rings is 1. The van der Waals surface area contributed by atoms with Gasteiger partial charge in [-0.15, -0.1) is 0 Å². The maximum absolute atomic E-state index is 6.47. The third-order valence-electron chi connectivity index (χ3n) is 6.61. The van der Waals surface area contributed by atoms with Crippen molar-refractivity contribution >= 4 is 60.5 Å². The summed E-state index contributed by atoms with van der Waals surface area (Å²) in [6.07, 6.45) is 0. The average molecular weight is 436 g/mol. The molecule has 6 aromatic carbocycles. The van der Waals surface area contributed by atoms with E-state index in [1.807, 2.05) is 0 Å². The first-order valence-electron chi connectivity index (χ1n) is 11.5. The van der Waals surface area contributed by atoms with Crippen molar-refractivity contribution in [3.05, 3.63) is 127 Å². The van der Waals surface area contributed by atoms with Gasteiger partial charge < -0.3 is 9.32 Å². The van der Waals surface area contributed by atoms with Gasteiger partial charge in [0.25, 0.3) is 0 Å². The number of benzene rings is 6. The van der Waals surface area contributed by atoms with Gasteiger partial charge in [0.05, 0.1) is 0 Å². The third kappa shape index (κ3) is 2.96. The van der Waals surface area contributed by atoms with Crippen LogP contribution in [0.1, 0.15) is 0 Å². The highest BCUT2D eigenvalue weighted by Crippen LogP contribution is 2.40. The van der Waals surface area contributed by atoms with Gasteiger partial charge in [0.2, 0.25) is 0 Å². The Morgan fingerprint density at radius 3 is 1.94 bits per heavy atom. The first kappa shape index (κ1) is 19.0. The summed E-state index contributed by atoms with van der Waals surface area (Å²) in [5, 5.41) is 7.08. The molecule has 0 aliphatic carbocycles. The summed E-state index contributed by atoms with van der Waals surface area (Å²) in [5.41, 5.74) is 5.13. The number of hydrogen-bond acceptors (Lipinski definition) is 2. The van der Waals surface area contributed by atoms with E-state index in [1.54, 1.807) is 0 Å². The van der Waals surface area contributed by atoms with E-state index in [4.69, 9.17) is 4.42 Å². The summed E-state index contributed by atoms with van der Waals surface area (Å²) in [5.74, 6) is 0. The summed E-state index contributed by atoms with van der Waals surface area (Å²) in [6.45, 7) is 0. The minimum absolute atomic E-state index is 0.894. The lowest BCUT2D eigenvalue weighted by molar-refractivity contribution is 0.672. The van der Waals surface area contributed by atoms with E-state index in [0.29, 0.717) is 0 Å². The Balaban J connectivity index is 1.46. The fourth-order valence-electron chi connectivity index (χ4n) is 4.97. The minimum Gasteiger partial charge on any atom is -0.455 e. The Labute approximate surface area is 197 Å². The Bertz CT molecular complexity index is 1810. The van der Waals surface area contributed by atoms with Crippen molar-refractivity contribution in [3.63, 3.8) is 0 Å². The van der Waals surface area contributed by atoms with Crippen LogP contribution in [0.15, 0.2) is 132 Å². The van der Waals surface area contributed by atoms with Crippen molar-refractivity contribution in [1.29, 1.82) is 0 Å². The Kier molecular flexibility index (Phi) is 4.18. The molecule has 160 valence electrons. The van der Waals surface area contributed by atoms with E-state index in [0.717, 1.165) is 44.4 Å². The molecule has 2 heteroatoms. The van der Waals surface area contributed by atoms with Crippen LogP contribution in [0.5, 0.6) is 0 Å². The van der Waals surface area contributed by atoms with Crippen molar-refractivity contribution in [3.8, 4) is 0 Å². The predicted molar refractivity (Wildman–Crippen MR) is 143 cm³/mol. The smallest absolute Gasteiger partial charge is 0.143 e. The fourth-order valence-corrected chi connectivity index (χ4v) is 4.97. The van der Waals surface area contributed by atoms with Crippen molar-refractivity contribution in [2.24, 2.45) is 0 Å². The van der Waals surface area contributed by atoms with E-state index in [2.05, 4.69) is 132 Å². The Morgan fingerprint density at radius 1 is 0.412 bits per heavy atom. The molecule has 0 saturated carbocycles. The van der Waals surface area contributed by atoms with Crippen LogP contribution in [0.2, 0.25) is 0 Å². The normalized spacial score (nSPS) is 11.5. The van der Waals surface area contributed by atoms with Gasteiger partial charge in [0, 0.05) is 39.3 Å². The topological polar surface area (TPSA) is 16.4 Å². The molecule has 1 heterocycles. The molecule has 2 nitrogen and oxygen atoms in total. The maximum Gasteiger partial charge on any atom is 0.143 e. The minimum atomic E-state index is 0.894. The lowest BCUT2D eigenvalue weighted by Gasteiger charge is -2.25. The number of nitrogens with zero attached hydrogens (tertiary/aromatic N) is 1. The van der Waals surface area contributed by atoms with Gasteiger partial charge in [-0.1, -0.05) is 78.9 Å². The number of hydrogen-bond donors (Lipinski definition) is 0. The summed E-state index contributed by atoms with van der Waals surface area (Å²) in [6, 6.07) is 44.9. The van der Waals surface area contributed by atoms with Gasteiger partial charge in [-0.25, -0.2) is 0 Å². The second-order valence-corrected chi connectivity index (χ2v) is 8.65. The molecule has 0 N–H and O–H groups in total. The molecular weight excluding hydrogens is 414 g/mol. The van der Waals surface area contributed by atoms with Crippen LogP contribution in [-0.4, -0.2) is 0 Å². The molecule has 0 unspecified atom stereocenters. The molecule has 0 fully saturated rings. The standard InChI is InChI=1S/C32H21NO/c1-2-11-25(12-3-1)33(26-16-14-22-8-4-5-10-24(22)20-26)27-17-19-29-30-18-15-23-9-6-7-13-28(23)32(30)34-31(29)21-27/h1-21H.